The average Bonchev–Trinajstić information content (AvgIpc) is 2.65. The molecule has 86 valence electrons. The van der Waals surface area contributed by atoms with E-state index in [1.165, 1.54) is 5.56 Å². The van der Waals surface area contributed by atoms with Crippen LogP contribution in [0.5, 0.6) is 0 Å². The van der Waals surface area contributed by atoms with Gasteiger partial charge in [0.25, 0.3) is 0 Å². The molecule has 0 aromatic carbocycles. The molecule has 2 rings (SSSR count). The highest BCUT2D eigenvalue weighted by Crippen LogP contribution is 2.31. The predicted octanol–water partition coefficient (Wildman–Crippen LogP) is 1.01. The molecule has 1 fully saturated rings. The number of primary amides is 1. The molecule has 1 aliphatic rings. The Balaban J connectivity index is 2.16. The number of aromatic nitrogens is 1. The van der Waals surface area contributed by atoms with E-state index in [-0.39, 0.29) is 5.91 Å². The maximum Gasteiger partial charge on any atom is 0.231 e. The number of aryl methyl sites for hydroxylation is 1. The van der Waals surface area contributed by atoms with E-state index < -0.39 is 0 Å². The molecule has 0 radical (unpaired) electrons. The van der Waals surface area contributed by atoms with E-state index in [4.69, 9.17) is 5.73 Å². The lowest BCUT2D eigenvalue weighted by Gasteiger charge is -2.23. The lowest BCUT2D eigenvalue weighted by molar-refractivity contribution is -0.119. The molecule has 1 saturated heterocycles. The Morgan fingerprint density at radius 1 is 1.69 bits per heavy atom. The Hall–Kier alpha value is -1.42. The number of carbonyl (C=O) groups is 1. The van der Waals surface area contributed by atoms with Crippen molar-refractivity contribution in [3.8, 4) is 0 Å². The first-order chi connectivity index (χ1) is 7.66. The highest BCUT2D eigenvalue weighted by Gasteiger charge is 2.26. The van der Waals surface area contributed by atoms with Crippen LogP contribution < -0.4 is 5.73 Å². The van der Waals surface area contributed by atoms with Crippen LogP contribution in [0.3, 0.4) is 0 Å². The zero-order valence-corrected chi connectivity index (χ0v) is 9.52. The van der Waals surface area contributed by atoms with Crippen LogP contribution in [0, 0.1) is 6.92 Å². The third kappa shape index (κ3) is 2.39. The minimum atomic E-state index is -0.252. The number of hydrogen-bond acceptors (Lipinski definition) is 3. The number of rotatable bonds is 3. The Kier molecular flexibility index (Phi) is 3.19. The molecule has 1 amide bonds. The van der Waals surface area contributed by atoms with Gasteiger partial charge in [0.2, 0.25) is 5.91 Å². The summed E-state index contributed by atoms with van der Waals surface area (Å²) >= 11 is 0. The lowest BCUT2D eigenvalue weighted by Crippen LogP contribution is -2.33. The first kappa shape index (κ1) is 11.1. The summed E-state index contributed by atoms with van der Waals surface area (Å²) in [4.78, 5) is 17.3. The third-order valence-electron chi connectivity index (χ3n) is 3.03. The molecule has 1 aromatic heterocycles. The van der Waals surface area contributed by atoms with Crippen LogP contribution in [0.15, 0.2) is 18.3 Å². The summed E-state index contributed by atoms with van der Waals surface area (Å²) in [6.07, 6.45) is 4.04. The van der Waals surface area contributed by atoms with Crippen molar-refractivity contribution in [2.24, 2.45) is 5.73 Å². The first-order valence-corrected chi connectivity index (χ1v) is 5.62. The molecular weight excluding hydrogens is 202 g/mol. The van der Waals surface area contributed by atoms with Crippen LogP contribution in [-0.4, -0.2) is 28.9 Å². The maximum atomic E-state index is 11.0. The number of nitrogens with two attached hydrogens (primary N) is 1. The van der Waals surface area contributed by atoms with Crippen molar-refractivity contribution in [2.45, 2.75) is 25.8 Å². The zero-order valence-electron chi connectivity index (χ0n) is 9.52. The Morgan fingerprint density at radius 2 is 2.50 bits per heavy atom. The molecule has 2 N–H and O–H groups in total. The summed E-state index contributed by atoms with van der Waals surface area (Å²) in [5, 5.41) is 0. The standard InChI is InChI=1S/C12H17N3O/c1-9-7-10(4-5-14-9)11-3-2-6-15(11)8-12(13)16/h4-5,7,11H,2-3,6,8H2,1H3,(H2,13,16)/t11-/m1/s1. The smallest absolute Gasteiger partial charge is 0.231 e. The molecule has 1 aromatic rings. The van der Waals surface area contributed by atoms with E-state index >= 15 is 0 Å². The fraction of sp³-hybridized carbons (Fsp3) is 0.500. The van der Waals surface area contributed by atoms with Gasteiger partial charge in [-0.3, -0.25) is 14.7 Å². The number of hydrogen-bond donors (Lipinski definition) is 1. The highest BCUT2D eigenvalue weighted by molar-refractivity contribution is 5.76. The molecule has 0 aliphatic carbocycles. The summed E-state index contributed by atoms with van der Waals surface area (Å²) in [5.41, 5.74) is 7.51. The van der Waals surface area contributed by atoms with Gasteiger partial charge in [0.1, 0.15) is 0 Å². The van der Waals surface area contributed by atoms with Gasteiger partial charge < -0.3 is 5.73 Å². The average molecular weight is 219 g/mol. The van der Waals surface area contributed by atoms with Gasteiger partial charge >= 0.3 is 0 Å². The number of amides is 1. The second kappa shape index (κ2) is 4.61. The van der Waals surface area contributed by atoms with Gasteiger partial charge in [0.15, 0.2) is 0 Å². The van der Waals surface area contributed by atoms with Crippen molar-refractivity contribution in [1.82, 2.24) is 9.88 Å². The summed E-state index contributed by atoms with van der Waals surface area (Å²) in [6, 6.07) is 4.44. The van der Waals surface area contributed by atoms with Crippen LogP contribution in [0.1, 0.15) is 30.1 Å². The van der Waals surface area contributed by atoms with E-state index in [0.29, 0.717) is 12.6 Å². The van der Waals surface area contributed by atoms with Crippen LogP contribution in [0.4, 0.5) is 0 Å². The van der Waals surface area contributed by atoms with Gasteiger partial charge in [-0.05, 0) is 44.0 Å². The normalized spacial score (nSPS) is 21.2. The van der Waals surface area contributed by atoms with Crippen molar-refractivity contribution in [3.63, 3.8) is 0 Å². The van der Waals surface area contributed by atoms with Gasteiger partial charge in [-0.2, -0.15) is 0 Å². The molecular formula is C12H17N3O. The lowest BCUT2D eigenvalue weighted by atomic mass is 10.1. The van der Waals surface area contributed by atoms with Gasteiger partial charge in [0, 0.05) is 17.9 Å². The van der Waals surface area contributed by atoms with Crippen molar-refractivity contribution in [3.05, 3.63) is 29.6 Å². The Labute approximate surface area is 95.5 Å². The number of likely N-dealkylation sites (tertiary alicyclic amines) is 1. The molecule has 0 bridgehead atoms. The quantitative estimate of drug-likeness (QED) is 0.825. The van der Waals surface area contributed by atoms with Crippen molar-refractivity contribution in [1.29, 1.82) is 0 Å². The maximum absolute atomic E-state index is 11.0. The summed E-state index contributed by atoms with van der Waals surface area (Å²) < 4.78 is 0. The van der Waals surface area contributed by atoms with Crippen LogP contribution in [0.2, 0.25) is 0 Å². The van der Waals surface area contributed by atoms with Crippen molar-refractivity contribution >= 4 is 5.91 Å². The van der Waals surface area contributed by atoms with Gasteiger partial charge in [-0.25, -0.2) is 0 Å². The molecule has 2 heterocycles. The molecule has 0 saturated carbocycles. The monoisotopic (exact) mass is 219 g/mol. The number of carbonyl (C=O) groups excluding carboxylic acids is 1. The minimum absolute atomic E-state index is 0.252. The third-order valence-corrected chi connectivity index (χ3v) is 3.03. The van der Waals surface area contributed by atoms with E-state index in [9.17, 15) is 4.79 Å². The number of nitrogens with zero attached hydrogens (tertiary/aromatic N) is 2. The fourth-order valence-corrected chi connectivity index (χ4v) is 2.37. The largest absolute Gasteiger partial charge is 0.369 e. The van der Waals surface area contributed by atoms with E-state index in [1.807, 2.05) is 19.2 Å². The van der Waals surface area contributed by atoms with Gasteiger partial charge in [-0.1, -0.05) is 0 Å². The van der Waals surface area contributed by atoms with Crippen molar-refractivity contribution < 1.29 is 4.79 Å². The molecule has 4 nitrogen and oxygen atoms in total. The predicted molar refractivity (Wildman–Crippen MR) is 61.7 cm³/mol. The molecule has 16 heavy (non-hydrogen) atoms. The SMILES string of the molecule is Cc1cc([C@H]2CCCN2CC(N)=O)ccn1. The topological polar surface area (TPSA) is 59.2 Å². The van der Waals surface area contributed by atoms with Gasteiger partial charge in [-0.15, -0.1) is 0 Å². The fourth-order valence-electron chi connectivity index (χ4n) is 2.37. The van der Waals surface area contributed by atoms with Crippen LogP contribution in [0.25, 0.3) is 0 Å². The minimum Gasteiger partial charge on any atom is -0.369 e. The molecule has 0 spiro atoms. The molecule has 1 atom stereocenters. The van der Waals surface area contributed by atoms with E-state index in [0.717, 1.165) is 25.1 Å². The Bertz CT molecular complexity index is 392. The summed E-state index contributed by atoms with van der Waals surface area (Å²) in [6.45, 7) is 3.29. The zero-order chi connectivity index (χ0) is 11.5. The molecule has 4 heteroatoms. The van der Waals surface area contributed by atoms with E-state index in [2.05, 4.69) is 16.0 Å². The van der Waals surface area contributed by atoms with Crippen molar-refractivity contribution in [2.75, 3.05) is 13.1 Å². The first-order valence-electron chi connectivity index (χ1n) is 5.62. The van der Waals surface area contributed by atoms with Gasteiger partial charge in [0.05, 0.1) is 6.54 Å². The summed E-state index contributed by atoms with van der Waals surface area (Å²) in [7, 11) is 0. The second-order valence-corrected chi connectivity index (χ2v) is 4.33. The Morgan fingerprint density at radius 3 is 3.19 bits per heavy atom. The number of pyridine rings is 1. The highest BCUT2D eigenvalue weighted by atomic mass is 16.1. The van der Waals surface area contributed by atoms with E-state index in [1.54, 1.807) is 0 Å². The molecule has 0 unspecified atom stereocenters. The van der Waals surface area contributed by atoms with Crippen LogP contribution >= 0.6 is 0 Å². The van der Waals surface area contributed by atoms with Crippen LogP contribution in [-0.2, 0) is 4.79 Å². The molecule has 1 aliphatic heterocycles. The summed E-state index contributed by atoms with van der Waals surface area (Å²) in [5.74, 6) is -0.252. The second-order valence-electron chi connectivity index (χ2n) is 4.33.